The van der Waals surface area contributed by atoms with E-state index in [4.69, 9.17) is 4.74 Å². The molecule has 0 aliphatic carbocycles. The number of ether oxygens (including phenoxy) is 1. The third kappa shape index (κ3) is 2.96. The summed E-state index contributed by atoms with van der Waals surface area (Å²) in [5.74, 6) is 0.695. The van der Waals surface area contributed by atoms with E-state index in [0.29, 0.717) is 5.92 Å². The molecule has 2 nitrogen and oxygen atoms in total. The summed E-state index contributed by atoms with van der Waals surface area (Å²) in [4.78, 5) is 0. The first-order chi connectivity index (χ1) is 6.62. The van der Waals surface area contributed by atoms with Crippen molar-refractivity contribution >= 4 is 0 Å². The third-order valence-electron chi connectivity index (χ3n) is 3.53. The standard InChI is InChI=1S/C12H24O2/c1-4-10(3)8-12(5-2)9-11(13)6-7-14-12/h10-11,13H,4-9H2,1-3H3. The van der Waals surface area contributed by atoms with Crippen LogP contribution in [0.5, 0.6) is 0 Å². The van der Waals surface area contributed by atoms with Crippen LogP contribution in [-0.4, -0.2) is 23.4 Å². The molecule has 0 aromatic heterocycles. The van der Waals surface area contributed by atoms with Gasteiger partial charge in [-0.25, -0.2) is 0 Å². The van der Waals surface area contributed by atoms with Crippen LogP contribution in [0.4, 0.5) is 0 Å². The van der Waals surface area contributed by atoms with Crippen molar-refractivity contribution < 1.29 is 9.84 Å². The number of rotatable bonds is 4. The minimum atomic E-state index is -0.146. The number of hydrogen-bond donors (Lipinski definition) is 1. The quantitative estimate of drug-likeness (QED) is 0.756. The second-order valence-electron chi connectivity index (χ2n) is 4.75. The van der Waals surface area contributed by atoms with Crippen molar-refractivity contribution in [2.45, 2.75) is 64.6 Å². The zero-order chi connectivity index (χ0) is 10.6. The number of aliphatic hydroxyl groups excluding tert-OH is 1. The van der Waals surface area contributed by atoms with Gasteiger partial charge in [0.25, 0.3) is 0 Å². The molecule has 2 heteroatoms. The lowest BCUT2D eigenvalue weighted by Crippen LogP contribution is -2.42. The second-order valence-corrected chi connectivity index (χ2v) is 4.75. The van der Waals surface area contributed by atoms with Gasteiger partial charge in [0.2, 0.25) is 0 Å². The van der Waals surface area contributed by atoms with Crippen molar-refractivity contribution in [3.63, 3.8) is 0 Å². The van der Waals surface area contributed by atoms with Crippen LogP contribution in [0, 0.1) is 5.92 Å². The van der Waals surface area contributed by atoms with Gasteiger partial charge in [-0.1, -0.05) is 27.2 Å². The van der Waals surface area contributed by atoms with E-state index in [1.165, 1.54) is 6.42 Å². The van der Waals surface area contributed by atoms with Crippen LogP contribution in [0.3, 0.4) is 0 Å². The van der Waals surface area contributed by atoms with Crippen LogP contribution >= 0.6 is 0 Å². The van der Waals surface area contributed by atoms with Crippen LogP contribution < -0.4 is 0 Å². The van der Waals surface area contributed by atoms with E-state index in [1.807, 2.05) is 0 Å². The molecule has 3 unspecified atom stereocenters. The molecule has 1 aliphatic rings. The van der Waals surface area contributed by atoms with Gasteiger partial charge in [-0.3, -0.25) is 0 Å². The Bertz CT molecular complexity index is 170. The zero-order valence-corrected chi connectivity index (χ0v) is 9.75. The maximum Gasteiger partial charge on any atom is 0.0707 e. The Kier molecular flexibility index (Phi) is 4.39. The fourth-order valence-corrected chi connectivity index (χ4v) is 2.31. The normalized spacial score (nSPS) is 35.6. The fourth-order valence-electron chi connectivity index (χ4n) is 2.31. The van der Waals surface area contributed by atoms with Crippen molar-refractivity contribution in [2.75, 3.05) is 6.61 Å². The maximum atomic E-state index is 9.68. The topological polar surface area (TPSA) is 29.5 Å². The molecule has 0 radical (unpaired) electrons. The van der Waals surface area contributed by atoms with E-state index in [1.54, 1.807) is 0 Å². The summed E-state index contributed by atoms with van der Waals surface area (Å²) in [6.45, 7) is 7.38. The molecule has 0 saturated carbocycles. The smallest absolute Gasteiger partial charge is 0.0707 e. The van der Waals surface area contributed by atoms with E-state index in [2.05, 4.69) is 20.8 Å². The molecule has 1 aliphatic heterocycles. The Morgan fingerprint density at radius 2 is 2.21 bits per heavy atom. The first kappa shape index (κ1) is 12.0. The summed E-state index contributed by atoms with van der Waals surface area (Å²) in [5, 5.41) is 9.68. The highest BCUT2D eigenvalue weighted by atomic mass is 16.5. The van der Waals surface area contributed by atoms with Gasteiger partial charge in [0.1, 0.15) is 0 Å². The lowest BCUT2D eigenvalue weighted by atomic mass is 9.81. The van der Waals surface area contributed by atoms with Gasteiger partial charge in [-0.2, -0.15) is 0 Å². The summed E-state index contributed by atoms with van der Waals surface area (Å²) in [6, 6.07) is 0. The van der Waals surface area contributed by atoms with Crippen LogP contribution in [0.1, 0.15) is 52.9 Å². The van der Waals surface area contributed by atoms with E-state index in [0.717, 1.165) is 32.3 Å². The van der Waals surface area contributed by atoms with Crippen molar-refractivity contribution in [3.8, 4) is 0 Å². The second kappa shape index (κ2) is 5.13. The van der Waals surface area contributed by atoms with E-state index >= 15 is 0 Å². The predicted octanol–water partition coefficient (Wildman–Crippen LogP) is 2.74. The van der Waals surface area contributed by atoms with Crippen molar-refractivity contribution in [3.05, 3.63) is 0 Å². The Hall–Kier alpha value is -0.0800. The average molecular weight is 200 g/mol. The van der Waals surface area contributed by atoms with Crippen molar-refractivity contribution in [1.29, 1.82) is 0 Å². The Balaban J connectivity index is 2.55. The molecule has 1 fully saturated rings. The van der Waals surface area contributed by atoms with Gasteiger partial charge in [-0.05, 0) is 25.2 Å². The van der Waals surface area contributed by atoms with Crippen molar-refractivity contribution in [1.82, 2.24) is 0 Å². The average Bonchev–Trinajstić information content (AvgIpc) is 2.17. The number of aliphatic hydroxyl groups is 1. The van der Waals surface area contributed by atoms with Gasteiger partial charge in [0, 0.05) is 13.0 Å². The zero-order valence-electron chi connectivity index (χ0n) is 9.75. The van der Waals surface area contributed by atoms with Crippen LogP contribution in [-0.2, 0) is 4.74 Å². The van der Waals surface area contributed by atoms with E-state index in [9.17, 15) is 5.11 Å². The van der Waals surface area contributed by atoms with Gasteiger partial charge in [-0.15, -0.1) is 0 Å². The van der Waals surface area contributed by atoms with Gasteiger partial charge in [0.05, 0.1) is 11.7 Å². The molecule has 1 heterocycles. The molecule has 0 amide bonds. The maximum absolute atomic E-state index is 9.68. The summed E-state index contributed by atoms with van der Waals surface area (Å²) >= 11 is 0. The molecule has 0 spiro atoms. The number of hydrogen-bond acceptors (Lipinski definition) is 2. The monoisotopic (exact) mass is 200 g/mol. The van der Waals surface area contributed by atoms with Crippen molar-refractivity contribution in [2.24, 2.45) is 5.92 Å². The molecule has 0 aromatic carbocycles. The van der Waals surface area contributed by atoms with Crippen LogP contribution in [0.15, 0.2) is 0 Å². The fraction of sp³-hybridized carbons (Fsp3) is 1.00. The Morgan fingerprint density at radius 3 is 2.71 bits per heavy atom. The minimum absolute atomic E-state index is 0.0346. The summed E-state index contributed by atoms with van der Waals surface area (Å²) in [7, 11) is 0. The lowest BCUT2D eigenvalue weighted by molar-refractivity contribution is -0.130. The molecule has 0 aromatic rings. The molecule has 84 valence electrons. The molecule has 0 bridgehead atoms. The Morgan fingerprint density at radius 1 is 1.50 bits per heavy atom. The van der Waals surface area contributed by atoms with Crippen LogP contribution in [0.25, 0.3) is 0 Å². The molecule has 3 atom stereocenters. The lowest BCUT2D eigenvalue weighted by Gasteiger charge is -2.40. The summed E-state index contributed by atoms with van der Waals surface area (Å²) in [5.41, 5.74) is -0.0346. The molecule has 1 N–H and O–H groups in total. The highest BCUT2D eigenvalue weighted by molar-refractivity contribution is 4.87. The first-order valence-electron chi connectivity index (χ1n) is 5.94. The van der Waals surface area contributed by atoms with Gasteiger partial charge in [0.15, 0.2) is 0 Å². The molecular formula is C12H24O2. The first-order valence-corrected chi connectivity index (χ1v) is 5.94. The summed E-state index contributed by atoms with van der Waals surface area (Å²) < 4.78 is 5.90. The van der Waals surface area contributed by atoms with E-state index in [-0.39, 0.29) is 11.7 Å². The molecule has 14 heavy (non-hydrogen) atoms. The van der Waals surface area contributed by atoms with Gasteiger partial charge < -0.3 is 9.84 Å². The molecular weight excluding hydrogens is 176 g/mol. The highest BCUT2D eigenvalue weighted by Gasteiger charge is 2.36. The van der Waals surface area contributed by atoms with Gasteiger partial charge >= 0.3 is 0 Å². The van der Waals surface area contributed by atoms with Crippen LogP contribution in [0.2, 0.25) is 0 Å². The predicted molar refractivity (Wildman–Crippen MR) is 58.3 cm³/mol. The minimum Gasteiger partial charge on any atom is -0.393 e. The third-order valence-corrected chi connectivity index (χ3v) is 3.53. The molecule has 1 rings (SSSR count). The Labute approximate surface area is 87.7 Å². The largest absolute Gasteiger partial charge is 0.393 e. The SMILES string of the molecule is CCC(C)CC1(CC)CC(O)CCO1. The van der Waals surface area contributed by atoms with E-state index < -0.39 is 0 Å². The highest BCUT2D eigenvalue weighted by Crippen LogP contribution is 2.34. The summed E-state index contributed by atoms with van der Waals surface area (Å²) in [6.07, 6.45) is 4.80. The molecule has 1 saturated heterocycles.